The Hall–Kier alpha value is -2.25. The minimum atomic E-state index is 0.246. The van der Waals surface area contributed by atoms with Crippen LogP contribution in [-0.4, -0.2) is 52.3 Å². The molecule has 2 aromatic rings. The molecule has 7 heteroatoms. The number of nitrogens with zero attached hydrogens (tertiary/aromatic N) is 2. The number of likely N-dealkylation sites (N-methyl/N-ethyl adjacent to an activating group) is 1. The lowest BCUT2D eigenvalue weighted by Gasteiger charge is -2.22. The first-order chi connectivity index (χ1) is 12.6. The van der Waals surface area contributed by atoms with Gasteiger partial charge in [-0.3, -0.25) is 4.99 Å². The molecular weight excluding hydrogens is 348 g/mol. The molecule has 0 aliphatic carbocycles. The van der Waals surface area contributed by atoms with Crippen molar-refractivity contribution in [2.24, 2.45) is 4.99 Å². The number of ether oxygens (including phenoxy) is 2. The molecule has 0 fully saturated rings. The summed E-state index contributed by atoms with van der Waals surface area (Å²) in [6.07, 6.45) is 0. The second-order valence-electron chi connectivity index (χ2n) is 5.91. The average molecular weight is 377 g/mol. The minimum absolute atomic E-state index is 0.246. The molecule has 2 rings (SSSR count). The highest BCUT2D eigenvalue weighted by Gasteiger charge is 2.15. The predicted octanol–water partition coefficient (Wildman–Crippen LogP) is 3.45. The van der Waals surface area contributed by atoms with Gasteiger partial charge in [0, 0.05) is 23.2 Å². The highest BCUT2D eigenvalue weighted by Crippen LogP contribution is 2.29. The second-order valence-corrected chi connectivity index (χ2v) is 6.89. The zero-order chi connectivity index (χ0) is 18.9. The Morgan fingerprint density at radius 2 is 1.96 bits per heavy atom. The van der Waals surface area contributed by atoms with E-state index in [4.69, 9.17) is 14.5 Å². The van der Waals surface area contributed by atoms with Crippen molar-refractivity contribution < 1.29 is 9.47 Å². The van der Waals surface area contributed by atoms with Crippen molar-refractivity contribution >= 4 is 23.0 Å². The largest absolute Gasteiger partial charge is 0.493 e. The fourth-order valence-electron chi connectivity index (χ4n) is 2.52. The van der Waals surface area contributed by atoms with Crippen molar-refractivity contribution in [1.29, 1.82) is 0 Å². The van der Waals surface area contributed by atoms with E-state index in [0.29, 0.717) is 18.0 Å². The van der Waals surface area contributed by atoms with E-state index in [1.807, 2.05) is 18.2 Å². The van der Waals surface area contributed by atoms with Gasteiger partial charge in [0.15, 0.2) is 17.5 Å². The quantitative estimate of drug-likeness (QED) is 0.546. The maximum atomic E-state index is 5.37. The smallest absolute Gasteiger partial charge is 0.195 e. The molecule has 1 atom stereocenters. The first-order valence-electron chi connectivity index (χ1n) is 8.56. The Bertz CT molecular complexity index is 702. The van der Waals surface area contributed by atoms with Gasteiger partial charge in [0.2, 0.25) is 0 Å². The maximum Gasteiger partial charge on any atom is 0.195 e. The highest BCUT2D eigenvalue weighted by molar-refractivity contribution is 7.10. The van der Waals surface area contributed by atoms with Crippen LogP contribution in [0.4, 0.5) is 5.69 Å². The third-order valence-electron chi connectivity index (χ3n) is 3.91. The van der Waals surface area contributed by atoms with Crippen LogP contribution in [-0.2, 0) is 0 Å². The van der Waals surface area contributed by atoms with Crippen LogP contribution in [0.25, 0.3) is 0 Å². The van der Waals surface area contributed by atoms with Crippen LogP contribution in [0.15, 0.2) is 40.7 Å². The van der Waals surface area contributed by atoms with E-state index in [9.17, 15) is 0 Å². The molecule has 0 aliphatic heterocycles. The van der Waals surface area contributed by atoms with Gasteiger partial charge < -0.3 is 25.0 Å². The topological polar surface area (TPSA) is 58.1 Å². The average Bonchev–Trinajstić information content (AvgIpc) is 3.15. The SMILES string of the molecule is CCNC(=NCC(c1cccs1)N(C)C)Nc1ccc(OC)c(OC)c1. The van der Waals surface area contributed by atoms with Crippen molar-refractivity contribution in [1.82, 2.24) is 10.2 Å². The third kappa shape index (κ3) is 5.37. The molecule has 1 heterocycles. The monoisotopic (exact) mass is 376 g/mol. The lowest BCUT2D eigenvalue weighted by atomic mass is 10.2. The van der Waals surface area contributed by atoms with Crippen molar-refractivity contribution in [3.05, 3.63) is 40.6 Å². The number of methoxy groups -OCH3 is 2. The Balaban J connectivity index is 2.16. The van der Waals surface area contributed by atoms with Gasteiger partial charge in [-0.2, -0.15) is 0 Å². The normalized spacial score (nSPS) is 12.8. The fourth-order valence-corrected chi connectivity index (χ4v) is 3.44. The molecule has 1 aromatic heterocycles. The summed E-state index contributed by atoms with van der Waals surface area (Å²) in [5.41, 5.74) is 0.889. The zero-order valence-corrected chi connectivity index (χ0v) is 16.9. The van der Waals surface area contributed by atoms with Gasteiger partial charge >= 0.3 is 0 Å². The van der Waals surface area contributed by atoms with E-state index in [0.717, 1.165) is 18.2 Å². The molecule has 0 bridgehead atoms. The molecule has 0 spiro atoms. The summed E-state index contributed by atoms with van der Waals surface area (Å²) < 4.78 is 10.7. The molecule has 0 saturated heterocycles. The van der Waals surface area contributed by atoms with E-state index in [1.165, 1.54) is 4.88 Å². The molecule has 0 radical (unpaired) electrons. The van der Waals surface area contributed by atoms with Crippen molar-refractivity contribution in [3.63, 3.8) is 0 Å². The Morgan fingerprint density at radius 1 is 1.19 bits per heavy atom. The number of anilines is 1. The number of hydrogen-bond donors (Lipinski definition) is 2. The van der Waals surface area contributed by atoms with Gasteiger partial charge in [-0.1, -0.05) is 6.07 Å². The highest BCUT2D eigenvalue weighted by atomic mass is 32.1. The molecular formula is C19H28N4O2S. The fraction of sp³-hybridized carbons (Fsp3) is 0.421. The summed E-state index contributed by atoms with van der Waals surface area (Å²) in [7, 11) is 7.41. The summed E-state index contributed by atoms with van der Waals surface area (Å²) in [4.78, 5) is 8.27. The summed E-state index contributed by atoms with van der Waals surface area (Å²) >= 11 is 1.76. The number of guanidine groups is 1. The third-order valence-corrected chi connectivity index (χ3v) is 4.88. The van der Waals surface area contributed by atoms with Gasteiger partial charge in [0.05, 0.1) is 26.8 Å². The van der Waals surface area contributed by atoms with Crippen LogP contribution >= 0.6 is 11.3 Å². The van der Waals surface area contributed by atoms with E-state index in [-0.39, 0.29) is 6.04 Å². The standard InChI is InChI=1S/C19H28N4O2S/c1-6-20-19(21-13-15(23(2)3)18-8-7-11-26-18)22-14-9-10-16(24-4)17(12-14)25-5/h7-12,15H,6,13H2,1-5H3,(H2,20,21,22). The van der Waals surface area contributed by atoms with E-state index >= 15 is 0 Å². The molecule has 142 valence electrons. The molecule has 0 amide bonds. The summed E-state index contributed by atoms with van der Waals surface area (Å²) in [6.45, 7) is 3.50. The van der Waals surface area contributed by atoms with Gasteiger partial charge in [-0.15, -0.1) is 11.3 Å². The minimum Gasteiger partial charge on any atom is -0.493 e. The number of thiophene rings is 1. The lowest BCUT2D eigenvalue weighted by Crippen LogP contribution is -2.32. The van der Waals surface area contributed by atoms with Gasteiger partial charge in [-0.25, -0.2) is 0 Å². The Morgan fingerprint density at radius 3 is 2.54 bits per heavy atom. The van der Waals surface area contributed by atoms with Gasteiger partial charge in [-0.05, 0) is 44.6 Å². The Labute approximate surface area is 159 Å². The van der Waals surface area contributed by atoms with Crippen LogP contribution < -0.4 is 20.1 Å². The van der Waals surface area contributed by atoms with E-state index < -0.39 is 0 Å². The second kappa shape index (κ2) is 10.0. The number of rotatable bonds is 8. The van der Waals surface area contributed by atoms with Crippen LogP contribution in [0.5, 0.6) is 11.5 Å². The number of hydrogen-bond acceptors (Lipinski definition) is 5. The van der Waals surface area contributed by atoms with E-state index in [1.54, 1.807) is 25.6 Å². The Kier molecular flexibility index (Phi) is 7.74. The van der Waals surface area contributed by atoms with Gasteiger partial charge in [0.25, 0.3) is 0 Å². The van der Waals surface area contributed by atoms with Crippen LogP contribution in [0.3, 0.4) is 0 Å². The molecule has 2 N–H and O–H groups in total. The zero-order valence-electron chi connectivity index (χ0n) is 16.1. The van der Waals surface area contributed by atoms with Crippen LogP contribution in [0, 0.1) is 0 Å². The molecule has 26 heavy (non-hydrogen) atoms. The van der Waals surface area contributed by atoms with Crippen molar-refractivity contribution in [2.75, 3.05) is 46.7 Å². The van der Waals surface area contributed by atoms with Crippen molar-refractivity contribution in [2.45, 2.75) is 13.0 Å². The molecule has 6 nitrogen and oxygen atoms in total. The van der Waals surface area contributed by atoms with E-state index in [2.05, 4.69) is 54.1 Å². The number of benzene rings is 1. The molecule has 0 aliphatic rings. The van der Waals surface area contributed by atoms with Crippen LogP contribution in [0.1, 0.15) is 17.8 Å². The number of aliphatic imine (C=N–C) groups is 1. The molecule has 1 unspecified atom stereocenters. The summed E-state index contributed by atoms with van der Waals surface area (Å²) in [6, 6.07) is 10.2. The first-order valence-corrected chi connectivity index (χ1v) is 9.44. The predicted molar refractivity (Wildman–Crippen MR) is 110 cm³/mol. The molecule has 1 aromatic carbocycles. The van der Waals surface area contributed by atoms with Crippen LogP contribution in [0.2, 0.25) is 0 Å². The summed E-state index contributed by atoms with van der Waals surface area (Å²) in [5.74, 6) is 2.12. The van der Waals surface area contributed by atoms with Gasteiger partial charge in [0.1, 0.15) is 0 Å². The number of nitrogens with one attached hydrogen (secondary N) is 2. The summed E-state index contributed by atoms with van der Waals surface area (Å²) in [5, 5.41) is 8.72. The van der Waals surface area contributed by atoms with Crippen molar-refractivity contribution in [3.8, 4) is 11.5 Å². The maximum absolute atomic E-state index is 5.37. The lowest BCUT2D eigenvalue weighted by molar-refractivity contribution is 0.311. The molecule has 0 saturated carbocycles. The first kappa shape index (κ1) is 20.1.